The quantitative estimate of drug-likeness (QED) is 0.836. The summed E-state index contributed by atoms with van der Waals surface area (Å²) in [4.78, 5) is 25.3. The number of nitrogens with zero attached hydrogens (tertiary/aromatic N) is 1. The van der Waals surface area contributed by atoms with E-state index in [-0.39, 0.29) is 18.1 Å². The van der Waals surface area contributed by atoms with E-state index >= 15 is 0 Å². The predicted octanol–water partition coefficient (Wildman–Crippen LogP) is 2.14. The van der Waals surface area contributed by atoms with E-state index in [0.29, 0.717) is 12.3 Å². The van der Waals surface area contributed by atoms with Crippen molar-refractivity contribution in [3.8, 4) is 11.5 Å². The lowest BCUT2D eigenvalue weighted by Gasteiger charge is -2.20. The van der Waals surface area contributed by atoms with Crippen LogP contribution in [0.5, 0.6) is 11.5 Å². The van der Waals surface area contributed by atoms with Crippen LogP contribution in [0, 0.1) is 6.92 Å². The highest BCUT2D eigenvalue weighted by Crippen LogP contribution is 2.21. The molecule has 0 saturated heterocycles. The number of benzene rings is 2. The fraction of sp³-hybridized carbons (Fsp3) is 0.263. The molecule has 0 atom stereocenters. The first-order valence-electron chi connectivity index (χ1n) is 7.81. The molecule has 0 aromatic heterocycles. The number of likely N-dealkylation sites (N-methyl/N-ethyl adjacent to an activating group) is 1. The molecule has 0 unspecified atom stereocenters. The van der Waals surface area contributed by atoms with Gasteiger partial charge >= 0.3 is 0 Å². The lowest BCUT2D eigenvalue weighted by molar-refractivity contribution is -0.132. The first-order valence-corrected chi connectivity index (χ1v) is 7.81. The molecule has 2 N–H and O–H groups in total. The summed E-state index contributed by atoms with van der Waals surface area (Å²) in [6.07, 6.45) is 0. The molecule has 0 spiro atoms. The summed E-state index contributed by atoms with van der Waals surface area (Å²) in [7, 11) is 3.29. The maximum absolute atomic E-state index is 12.3. The monoisotopic (exact) mass is 342 g/mol. The van der Waals surface area contributed by atoms with Crippen LogP contribution in [0.15, 0.2) is 42.5 Å². The van der Waals surface area contributed by atoms with Crippen LogP contribution >= 0.6 is 0 Å². The molecule has 0 heterocycles. The number of nitrogens with two attached hydrogens (primary N) is 1. The normalized spacial score (nSPS) is 10.2. The average Bonchev–Trinajstić information content (AvgIpc) is 2.60. The number of hydrogen-bond acceptors (Lipinski definition) is 4. The molecule has 0 aliphatic carbocycles. The topological polar surface area (TPSA) is 81.9 Å². The zero-order chi connectivity index (χ0) is 18.4. The minimum absolute atomic E-state index is 0.186. The summed E-state index contributed by atoms with van der Waals surface area (Å²) in [6.45, 7) is 2.19. The molecule has 6 nitrogen and oxygen atoms in total. The van der Waals surface area contributed by atoms with E-state index in [0.717, 1.165) is 16.9 Å². The third-order valence-corrected chi connectivity index (χ3v) is 3.77. The van der Waals surface area contributed by atoms with Gasteiger partial charge in [0.1, 0.15) is 11.5 Å². The maximum atomic E-state index is 12.3. The van der Waals surface area contributed by atoms with Crippen molar-refractivity contribution in [1.29, 1.82) is 0 Å². The van der Waals surface area contributed by atoms with E-state index in [4.69, 9.17) is 15.2 Å². The Kier molecular flexibility index (Phi) is 6.00. The van der Waals surface area contributed by atoms with Crippen molar-refractivity contribution in [2.45, 2.75) is 13.5 Å². The minimum atomic E-state index is -0.596. The summed E-state index contributed by atoms with van der Waals surface area (Å²) in [6, 6.07) is 12.4. The number of methoxy groups -OCH3 is 1. The summed E-state index contributed by atoms with van der Waals surface area (Å²) in [5, 5.41) is 0. The lowest BCUT2D eigenvalue weighted by Crippen LogP contribution is -2.31. The Morgan fingerprint density at radius 1 is 1.12 bits per heavy atom. The van der Waals surface area contributed by atoms with Crippen LogP contribution in [-0.4, -0.2) is 37.5 Å². The molecule has 0 aliphatic rings. The number of hydrogen-bond donors (Lipinski definition) is 1. The number of ether oxygens (including phenoxy) is 2. The second kappa shape index (κ2) is 8.19. The molecule has 25 heavy (non-hydrogen) atoms. The van der Waals surface area contributed by atoms with Gasteiger partial charge in [0, 0.05) is 19.2 Å². The molecular formula is C19H22N2O4. The van der Waals surface area contributed by atoms with Crippen LogP contribution in [0.1, 0.15) is 21.5 Å². The van der Waals surface area contributed by atoms with Crippen molar-refractivity contribution in [2.24, 2.45) is 5.73 Å². The minimum Gasteiger partial charge on any atom is -0.496 e. The smallest absolute Gasteiger partial charge is 0.260 e. The SMILES string of the molecule is COc1ccc(C)cc1CN(C)C(=O)COc1ccccc1C(N)=O. The molecule has 0 radical (unpaired) electrons. The van der Waals surface area contributed by atoms with Crippen LogP contribution in [0.2, 0.25) is 0 Å². The van der Waals surface area contributed by atoms with E-state index in [1.807, 2.05) is 25.1 Å². The second-order valence-corrected chi connectivity index (χ2v) is 5.71. The molecule has 2 aromatic carbocycles. The largest absolute Gasteiger partial charge is 0.496 e. The first-order chi connectivity index (χ1) is 11.9. The Bertz CT molecular complexity index is 774. The van der Waals surface area contributed by atoms with Crippen LogP contribution < -0.4 is 15.2 Å². The van der Waals surface area contributed by atoms with Gasteiger partial charge in [-0.15, -0.1) is 0 Å². The van der Waals surface area contributed by atoms with Crippen molar-refractivity contribution in [2.75, 3.05) is 20.8 Å². The highest BCUT2D eigenvalue weighted by atomic mass is 16.5. The van der Waals surface area contributed by atoms with E-state index in [2.05, 4.69) is 0 Å². The van der Waals surface area contributed by atoms with Crippen molar-refractivity contribution in [3.63, 3.8) is 0 Å². The highest BCUT2D eigenvalue weighted by molar-refractivity contribution is 5.95. The summed E-state index contributed by atoms with van der Waals surface area (Å²) in [5.74, 6) is 0.207. The van der Waals surface area contributed by atoms with Gasteiger partial charge in [-0.05, 0) is 25.1 Å². The molecule has 6 heteroatoms. The summed E-state index contributed by atoms with van der Waals surface area (Å²) >= 11 is 0. The van der Waals surface area contributed by atoms with Gasteiger partial charge in [0.15, 0.2) is 6.61 Å². The number of para-hydroxylation sites is 1. The third-order valence-electron chi connectivity index (χ3n) is 3.77. The molecular weight excluding hydrogens is 320 g/mol. The van der Waals surface area contributed by atoms with Gasteiger partial charge < -0.3 is 20.1 Å². The number of carbonyl (C=O) groups excluding carboxylic acids is 2. The fourth-order valence-corrected chi connectivity index (χ4v) is 2.42. The Hall–Kier alpha value is -3.02. The van der Waals surface area contributed by atoms with E-state index in [1.54, 1.807) is 43.3 Å². The molecule has 0 fully saturated rings. The van der Waals surface area contributed by atoms with Crippen molar-refractivity contribution in [1.82, 2.24) is 4.90 Å². The molecule has 2 rings (SSSR count). The number of rotatable bonds is 7. The van der Waals surface area contributed by atoms with E-state index < -0.39 is 5.91 Å². The lowest BCUT2D eigenvalue weighted by atomic mass is 10.1. The van der Waals surface area contributed by atoms with Crippen LogP contribution in [0.25, 0.3) is 0 Å². The Labute approximate surface area is 147 Å². The molecule has 132 valence electrons. The van der Waals surface area contributed by atoms with Crippen LogP contribution in [0.3, 0.4) is 0 Å². The molecule has 2 aromatic rings. The van der Waals surface area contributed by atoms with Crippen molar-refractivity contribution >= 4 is 11.8 Å². The number of amides is 2. The first kappa shape index (κ1) is 18.3. The fourth-order valence-electron chi connectivity index (χ4n) is 2.42. The molecule has 0 saturated carbocycles. The number of aryl methyl sites for hydroxylation is 1. The van der Waals surface area contributed by atoms with Gasteiger partial charge in [-0.3, -0.25) is 9.59 Å². The maximum Gasteiger partial charge on any atom is 0.260 e. The van der Waals surface area contributed by atoms with Gasteiger partial charge in [-0.1, -0.05) is 29.8 Å². The Balaban J connectivity index is 2.02. The van der Waals surface area contributed by atoms with Crippen LogP contribution in [0.4, 0.5) is 0 Å². The Morgan fingerprint density at radius 3 is 2.52 bits per heavy atom. The van der Waals surface area contributed by atoms with Gasteiger partial charge in [-0.25, -0.2) is 0 Å². The van der Waals surface area contributed by atoms with Gasteiger partial charge in [0.2, 0.25) is 0 Å². The Morgan fingerprint density at radius 2 is 1.84 bits per heavy atom. The highest BCUT2D eigenvalue weighted by Gasteiger charge is 2.15. The van der Waals surface area contributed by atoms with Gasteiger partial charge in [-0.2, -0.15) is 0 Å². The molecule has 0 aliphatic heterocycles. The van der Waals surface area contributed by atoms with Crippen molar-refractivity contribution in [3.05, 3.63) is 59.2 Å². The van der Waals surface area contributed by atoms with Crippen LogP contribution in [-0.2, 0) is 11.3 Å². The third kappa shape index (κ3) is 4.73. The average molecular weight is 342 g/mol. The van der Waals surface area contributed by atoms with E-state index in [1.165, 1.54) is 0 Å². The summed E-state index contributed by atoms with van der Waals surface area (Å²) < 4.78 is 10.8. The zero-order valence-electron chi connectivity index (χ0n) is 14.6. The molecule has 2 amide bonds. The number of primary amides is 1. The second-order valence-electron chi connectivity index (χ2n) is 5.71. The zero-order valence-corrected chi connectivity index (χ0v) is 14.6. The standard InChI is InChI=1S/C19H22N2O4/c1-13-8-9-16(24-3)14(10-13)11-21(2)18(22)12-25-17-7-5-4-6-15(17)19(20)23/h4-10H,11-12H2,1-3H3,(H2,20,23). The molecule has 0 bridgehead atoms. The number of carbonyl (C=O) groups is 2. The predicted molar refractivity (Wildman–Crippen MR) is 94.7 cm³/mol. The van der Waals surface area contributed by atoms with Gasteiger partial charge in [0.05, 0.1) is 12.7 Å². The summed E-state index contributed by atoms with van der Waals surface area (Å²) in [5.41, 5.74) is 7.55. The van der Waals surface area contributed by atoms with Crippen molar-refractivity contribution < 1.29 is 19.1 Å². The van der Waals surface area contributed by atoms with Gasteiger partial charge in [0.25, 0.3) is 11.8 Å². The van der Waals surface area contributed by atoms with E-state index in [9.17, 15) is 9.59 Å².